The summed E-state index contributed by atoms with van der Waals surface area (Å²) in [5, 5.41) is 5.68. The molecule has 0 unspecified atom stereocenters. The summed E-state index contributed by atoms with van der Waals surface area (Å²) in [5.41, 5.74) is 11.7. The van der Waals surface area contributed by atoms with Crippen LogP contribution in [0.1, 0.15) is 0 Å². The molecule has 10 aromatic rings. The van der Waals surface area contributed by atoms with Crippen molar-refractivity contribution in [2.75, 3.05) is 4.90 Å². The number of benzene rings is 7. The molecule has 7 aromatic carbocycles. The Bertz CT molecular complexity index is 2820. The molecular formula is C45H29N3O. The highest BCUT2D eigenvalue weighted by Gasteiger charge is 2.19. The van der Waals surface area contributed by atoms with Gasteiger partial charge in [0.15, 0.2) is 0 Å². The van der Waals surface area contributed by atoms with Crippen molar-refractivity contribution in [1.82, 2.24) is 9.55 Å². The number of nitrogens with zero attached hydrogens (tertiary/aromatic N) is 3. The van der Waals surface area contributed by atoms with Gasteiger partial charge < -0.3 is 13.9 Å². The number of aromatic nitrogens is 2. The molecule has 10 rings (SSSR count). The molecule has 0 saturated heterocycles. The fourth-order valence-electron chi connectivity index (χ4n) is 7.31. The lowest BCUT2D eigenvalue weighted by molar-refractivity contribution is 0.669. The molecule has 0 aliphatic rings. The molecule has 3 aromatic heterocycles. The second-order valence-electron chi connectivity index (χ2n) is 12.5. The highest BCUT2D eigenvalue weighted by Crippen LogP contribution is 2.42. The van der Waals surface area contributed by atoms with Gasteiger partial charge in [-0.3, -0.25) is 4.98 Å². The summed E-state index contributed by atoms with van der Waals surface area (Å²) < 4.78 is 8.72. The molecule has 0 spiro atoms. The molecule has 0 atom stereocenters. The minimum absolute atomic E-state index is 0.840. The van der Waals surface area contributed by atoms with Crippen molar-refractivity contribution in [3.8, 4) is 16.8 Å². The highest BCUT2D eigenvalue weighted by atomic mass is 16.3. The van der Waals surface area contributed by atoms with Crippen LogP contribution in [0.25, 0.3) is 71.5 Å². The van der Waals surface area contributed by atoms with Crippen LogP contribution >= 0.6 is 0 Å². The van der Waals surface area contributed by atoms with Crippen molar-refractivity contribution in [3.63, 3.8) is 0 Å². The largest absolute Gasteiger partial charge is 0.456 e. The standard InChI is InChI=1S/C45H29N3O/c1-3-10-30(11-4-1)31-17-19-34(20-18-31)47(36-22-24-44-40(28-36)39-26-32-12-9-25-46-41(32)29-45(39)49-44)35-21-23-43-38(27-35)37-15-7-8-16-42(37)48(43)33-13-5-2-6-14-33/h1-29H. The molecule has 3 heterocycles. The zero-order valence-electron chi connectivity index (χ0n) is 26.5. The molecule has 0 N–H and O–H groups in total. The maximum atomic E-state index is 6.36. The Morgan fingerprint density at radius 3 is 1.94 bits per heavy atom. The van der Waals surface area contributed by atoms with Gasteiger partial charge in [0.1, 0.15) is 11.2 Å². The lowest BCUT2D eigenvalue weighted by atomic mass is 10.0. The predicted molar refractivity (Wildman–Crippen MR) is 203 cm³/mol. The Hall–Kier alpha value is -6.65. The predicted octanol–water partition coefficient (Wildman–Crippen LogP) is 12.4. The van der Waals surface area contributed by atoms with E-state index in [2.05, 4.69) is 172 Å². The first-order chi connectivity index (χ1) is 24.3. The molecule has 230 valence electrons. The summed E-state index contributed by atoms with van der Waals surface area (Å²) in [4.78, 5) is 6.90. The topological polar surface area (TPSA) is 34.2 Å². The highest BCUT2D eigenvalue weighted by molar-refractivity contribution is 6.12. The van der Waals surface area contributed by atoms with Crippen LogP contribution in [0.15, 0.2) is 180 Å². The van der Waals surface area contributed by atoms with E-state index in [1.807, 2.05) is 18.3 Å². The maximum absolute atomic E-state index is 6.36. The van der Waals surface area contributed by atoms with Crippen LogP contribution in [0.4, 0.5) is 17.1 Å². The number of hydrogen-bond donors (Lipinski definition) is 0. The van der Waals surface area contributed by atoms with Gasteiger partial charge in [-0.15, -0.1) is 0 Å². The van der Waals surface area contributed by atoms with E-state index in [9.17, 15) is 0 Å². The number of fused-ring (bicyclic) bond motifs is 7. The molecule has 4 heteroatoms. The summed E-state index contributed by atoms with van der Waals surface area (Å²) >= 11 is 0. The summed E-state index contributed by atoms with van der Waals surface area (Å²) in [7, 11) is 0. The van der Waals surface area contributed by atoms with E-state index < -0.39 is 0 Å². The van der Waals surface area contributed by atoms with Gasteiger partial charge in [-0.25, -0.2) is 0 Å². The smallest absolute Gasteiger partial charge is 0.137 e. The maximum Gasteiger partial charge on any atom is 0.137 e. The Morgan fingerprint density at radius 2 is 1.10 bits per heavy atom. The van der Waals surface area contributed by atoms with Crippen LogP contribution in [-0.4, -0.2) is 9.55 Å². The normalized spacial score (nSPS) is 11.7. The van der Waals surface area contributed by atoms with Gasteiger partial charge in [-0.2, -0.15) is 0 Å². The van der Waals surface area contributed by atoms with Crippen molar-refractivity contribution in [2.45, 2.75) is 0 Å². The number of pyridine rings is 1. The number of rotatable bonds is 5. The Balaban J connectivity index is 1.19. The Kier molecular flexibility index (Phi) is 6.15. The van der Waals surface area contributed by atoms with Crippen LogP contribution in [-0.2, 0) is 0 Å². The molecule has 0 saturated carbocycles. The van der Waals surface area contributed by atoms with Crippen LogP contribution in [0, 0.1) is 0 Å². The second-order valence-corrected chi connectivity index (χ2v) is 12.5. The summed E-state index contributed by atoms with van der Waals surface area (Å²) in [5.74, 6) is 0. The van der Waals surface area contributed by atoms with Crippen molar-refractivity contribution in [2.24, 2.45) is 0 Å². The molecule has 4 nitrogen and oxygen atoms in total. The average Bonchev–Trinajstić information content (AvgIpc) is 3.69. The fourth-order valence-corrected chi connectivity index (χ4v) is 7.31. The van der Waals surface area contributed by atoms with Crippen LogP contribution < -0.4 is 4.90 Å². The van der Waals surface area contributed by atoms with Crippen molar-refractivity contribution in [1.29, 1.82) is 0 Å². The lowest BCUT2D eigenvalue weighted by Gasteiger charge is -2.26. The lowest BCUT2D eigenvalue weighted by Crippen LogP contribution is -2.09. The summed E-state index contributed by atoms with van der Waals surface area (Å²) in [6, 6.07) is 60.3. The van der Waals surface area contributed by atoms with Gasteiger partial charge in [0, 0.05) is 61.9 Å². The minimum atomic E-state index is 0.840. The summed E-state index contributed by atoms with van der Waals surface area (Å²) in [6.07, 6.45) is 1.82. The number of para-hydroxylation sites is 2. The van der Waals surface area contributed by atoms with E-state index in [0.29, 0.717) is 0 Å². The van der Waals surface area contributed by atoms with Gasteiger partial charge >= 0.3 is 0 Å². The van der Waals surface area contributed by atoms with Crippen LogP contribution in [0.5, 0.6) is 0 Å². The SMILES string of the molecule is c1ccc(-c2ccc(N(c3ccc4oc5cc6ncccc6cc5c4c3)c3ccc4c(c3)c3ccccc3n4-c3ccccc3)cc2)cc1. The van der Waals surface area contributed by atoms with E-state index in [1.165, 1.54) is 32.9 Å². The first-order valence-electron chi connectivity index (χ1n) is 16.5. The van der Waals surface area contributed by atoms with Crippen LogP contribution in [0.2, 0.25) is 0 Å². The zero-order chi connectivity index (χ0) is 32.3. The Morgan fingerprint density at radius 1 is 0.449 bits per heavy atom. The summed E-state index contributed by atoms with van der Waals surface area (Å²) in [6.45, 7) is 0. The van der Waals surface area contributed by atoms with Gasteiger partial charge in [-0.1, -0.05) is 84.9 Å². The Labute approximate surface area is 282 Å². The number of hydrogen-bond acceptors (Lipinski definition) is 3. The zero-order valence-corrected chi connectivity index (χ0v) is 26.5. The third-order valence-corrected chi connectivity index (χ3v) is 9.60. The van der Waals surface area contributed by atoms with Crippen LogP contribution in [0.3, 0.4) is 0 Å². The van der Waals surface area contributed by atoms with Gasteiger partial charge in [0.25, 0.3) is 0 Å². The van der Waals surface area contributed by atoms with E-state index in [4.69, 9.17) is 4.42 Å². The quantitative estimate of drug-likeness (QED) is 0.190. The fraction of sp³-hybridized carbons (Fsp3) is 0. The van der Waals surface area contributed by atoms with E-state index >= 15 is 0 Å². The van der Waals surface area contributed by atoms with Gasteiger partial charge in [0.2, 0.25) is 0 Å². The van der Waals surface area contributed by atoms with Crippen molar-refractivity contribution >= 4 is 71.7 Å². The molecule has 0 aliphatic heterocycles. The third kappa shape index (κ3) is 4.49. The molecule has 0 bridgehead atoms. The van der Waals surface area contributed by atoms with Crippen molar-refractivity contribution < 1.29 is 4.42 Å². The molecule has 0 aliphatic carbocycles. The average molecular weight is 628 g/mol. The van der Waals surface area contributed by atoms with E-state index in [1.54, 1.807) is 0 Å². The molecule has 0 radical (unpaired) electrons. The minimum Gasteiger partial charge on any atom is -0.456 e. The first-order valence-corrected chi connectivity index (χ1v) is 16.5. The van der Waals surface area contributed by atoms with E-state index in [0.717, 1.165) is 55.6 Å². The van der Waals surface area contributed by atoms with E-state index in [-0.39, 0.29) is 0 Å². The molecular weight excluding hydrogens is 599 g/mol. The molecule has 0 fully saturated rings. The number of furan rings is 1. The number of anilines is 3. The van der Waals surface area contributed by atoms with Crippen molar-refractivity contribution in [3.05, 3.63) is 176 Å². The van der Waals surface area contributed by atoms with Gasteiger partial charge in [0.05, 0.1) is 16.6 Å². The first kappa shape index (κ1) is 27.5. The molecule has 49 heavy (non-hydrogen) atoms. The monoisotopic (exact) mass is 627 g/mol. The van der Waals surface area contributed by atoms with Gasteiger partial charge in [-0.05, 0) is 90.0 Å². The third-order valence-electron chi connectivity index (χ3n) is 9.60. The second kappa shape index (κ2) is 11.0. The molecule has 0 amide bonds.